The maximum absolute atomic E-state index is 12.5. The van der Waals surface area contributed by atoms with Crippen molar-refractivity contribution in [2.75, 3.05) is 31.1 Å². The number of piperazine rings is 1. The summed E-state index contributed by atoms with van der Waals surface area (Å²) in [6, 6.07) is 6.52. The molecule has 1 aliphatic heterocycles. The normalized spacial score (nSPS) is 14.8. The molecule has 8 heteroatoms. The van der Waals surface area contributed by atoms with Gasteiger partial charge in [-0.15, -0.1) is 0 Å². The molecule has 1 aromatic heterocycles. The second kappa shape index (κ2) is 7.61. The number of benzene rings is 1. The number of aromatic nitrogens is 2. The van der Waals surface area contributed by atoms with Crippen molar-refractivity contribution in [2.24, 2.45) is 7.05 Å². The monoisotopic (exact) mass is 369 g/mol. The Morgan fingerprint density at radius 1 is 1.15 bits per heavy atom. The number of carbonyl (C=O) groups is 1. The van der Waals surface area contributed by atoms with Gasteiger partial charge >= 0.3 is 0 Å². The Morgan fingerprint density at radius 2 is 1.78 bits per heavy atom. The van der Waals surface area contributed by atoms with Crippen LogP contribution in [0.4, 0.5) is 11.4 Å². The number of rotatable bonds is 4. The molecule has 1 aromatic carbocycles. The number of amides is 1. The molecule has 0 saturated carbocycles. The molecule has 3 rings (SSSR count). The van der Waals surface area contributed by atoms with E-state index in [2.05, 4.69) is 10.00 Å². The average Bonchev–Trinajstić information content (AvgIpc) is 2.91. The summed E-state index contributed by atoms with van der Waals surface area (Å²) in [6.45, 7) is 6.54. The first-order chi connectivity index (χ1) is 12.9. The van der Waals surface area contributed by atoms with Gasteiger partial charge in [-0.3, -0.25) is 19.6 Å². The topological polar surface area (TPSA) is 84.5 Å². The van der Waals surface area contributed by atoms with Gasteiger partial charge in [-0.2, -0.15) is 5.10 Å². The molecule has 27 heavy (non-hydrogen) atoms. The standard InChI is InChI=1S/C19H23N5O3/c1-14-18(15(2)21(3)20-14)8-9-19(25)23-12-10-22(11-13-23)16-4-6-17(7-5-16)24(26)27/h4-9H,10-13H2,1-3H3/b9-8+. The number of nitrogens with zero attached hydrogens (tertiary/aromatic N) is 5. The van der Waals surface area contributed by atoms with Crippen molar-refractivity contribution in [3.63, 3.8) is 0 Å². The highest BCUT2D eigenvalue weighted by atomic mass is 16.6. The van der Waals surface area contributed by atoms with Crippen LogP contribution in [0.5, 0.6) is 0 Å². The van der Waals surface area contributed by atoms with E-state index < -0.39 is 4.92 Å². The van der Waals surface area contributed by atoms with Crippen LogP contribution in [0.1, 0.15) is 17.0 Å². The summed E-state index contributed by atoms with van der Waals surface area (Å²) in [5, 5.41) is 15.1. The lowest BCUT2D eigenvalue weighted by molar-refractivity contribution is -0.384. The summed E-state index contributed by atoms with van der Waals surface area (Å²) >= 11 is 0. The van der Waals surface area contributed by atoms with Crippen molar-refractivity contribution >= 4 is 23.4 Å². The van der Waals surface area contributed by atoms with Gasteiger partial charge in [0.15, 0.2) is 0 Å². The van der Waals surface area contributed by atoms with Gasteiger partial charge in [-0.05, 0) is 32.1 Å². The Bertz CT molecular complexity index is 877. The number of hydrogen-bond acceptors (Lipinski definition) is 5. The van der Waals surface area contributed by atoms with Crippen LogP contribution in [0, 0.1) is 24.0 Å². The van der Waals surface area contributed by atoms with E-state index in [4.69, 9.17) is 0 Å². The molecule has 0 spiro atoms. The molecular formula is C19H23N5O3. The van der Waals surface area contributed by atoms with Crippen LogP contribution in [-0.2, 0) is 11.8 Å². The summed E-state index contributed by atoms with van der Waals surface area (Å²) < 4.78 is 1.81. The Labute approximate surface area is 157 Å². The highest BCUT2D eigenvalue weighted by Crippen LogP contribution is 2.21. The third-order valence-corrected chi connectivity index (χ3v) is 4.97. The van der Waals surface area contributed by atoms with Gasteiger partial charge in [0, 0.05) is 68.4 Å². The van der Waals surface area contributed by atoms with E-state index in [1.165, 1.54) is 12.1 Å². The zero-order valence-corrected chi connectivity index (χ0v) is 15.8. The molecule has 2 aromatic rings. The van der Waals surface area contributed by atoms with Crippen LogP contribution in [-0.4, -0.2) is 51.7 Å². The highest BCUT2D eigenvalue weighted by Gasteiger charge is 2.20. The molecule has 0 aliphatic carbocycles. The van der Waals surface area contributed by atoms with Crippen LogP contribution in [0.15, 0.2) is 30.3 Å². The van der Waals surface area contributed by atoms with E-state index >= 15 is 0 Å². The molecule has 0 unspecified atom stereocenters. The molecule has 1 saturated heterocycles. The van der Waals surface area contributed by atoms with Gasteiger partial charge in [0.25, 0.3) is 5.69 Å². The number of nitro benzene ring substituents is 1. The summed E-state index contributed by atoms with van der Waals surface area (Å²) in [5.41, 5.74) is 3.93. The predicted molar refractivity (Wildman–Crippen MR) is 104 cm³/mol. The maximum Gasteiger partial charge on any atom is 0.269 e. The first-order valence-corrected chi connectivity index (χ1v) is 8.83. The lowest BCUT2D eigenvalue weighted by atomic mass is 10.1. The lowest BCUT2D eigenvalue weighted by Gasteiger charge is -2.35. The molecule has 8 nitrogen and oxygen atoms in total. The average molecular weight is 369 g/mol. The Hall–Kier alpha value is -3.16. The largest absolute Gasteiger partial charge is 0.368 e. The first kappa shape index (κ1) is 18.6. The van der Waals surface area contributed by atoms with Gasteiger partial charge in [-0.25, -0.2) is 0 Å². The molecule has 0 bridgehead atoms. The molecule has 1 amide bonds. The summed E-state index contributed by atoms with van der Waals surface area (Å²) in [7, 11) is 1.89. The van der Waals surface area contributed by atoms with Crippen LogP contribution < -0.4 is 4.90 Å². The van der Waals surface area contributed by atoms with Crippen molar-refractivity contribution in [2.45, 2.75) is 13.8 Å². The predicted octanol–water partition coefficient (Wildman–Crippen LogP) is 2.31. The number of anilines is 1. The van der Waals surface area contributed by atoms with E-state index in [0.29, 0.717) is 26.2 Å². The smallest absolute Gasteiger partial charge is 0.269 e. The lowest BCUT2D eigenvalue weighted by Crippen LogP contribution is -2.48. The Balaban J connectivity index is 1.59. The van der Waals surface area contributed by atoms with Gasteiger partial charge in [0.05, 0.1) is 10.6 Å². The third kappa shape index (κ3) is 3.99. The molecule has 0 N–H and O–H groups in total. The Morgan fingerprint density at radius 3 is 2.30 bits per heavy atom. The van der Waals surface area contributed by atoms with Gasteiger partial charge < -0.3 is 9.80 Å². The van der Waals surface area contributed by atoms with Crippen LogP contribution in [0.25, 0.3) is 6.08 Å². The van der Waals surface area contributed by atoms with Crippen molar-refractivity contribution in [3.05, 3.63) is 57.4 Å². The Kier molecular flexibility index (Phi) is 5.25. The van der Waals surface area contributed by atoms with E-state index in [9.17, 15) is 14.9 Å². The molecule has 2 heterocycles. The minimum absolute atomic E-state index is 0.0130. The molecule has 0 radical (unpaired) electrons. The van der Waals surface area contributed by atoms with E-state index in [1.807, 2.05) is 36.6 Å². The molecular weight excluding hydrogens is 346 g/mol. The minimum Gasteiger partial charge on any atom is -0.368 e. The fraction of sp³-hybridized carbons (Fsp3) is 0.368. The molecule has 1 aliphatic rings. The first-order valence-electron chi connectivity index (χ1n) is 8.83. The highest BCUT2D eigenvalue weighted by molar-refractivity contribution is 5.92. The quantitative estimate of drug-likeness (QED) is 0.469. The minimum atomic E-state index is -0.404. The van der Waals surface area contributed by atoms with E-state index in [1.54, 1.807) is 18.2 Å². The molecule has 142 valence electrons. The van der Waals surface area contributed by atoms with Crippen molar-refractivity contribution in [3.8, 4) is 0 Å². The molecule has 1 fully saturated rings. The summed E-state index contributed by atoms with van der Waals surface area (Å²) in [5.74, 6) is -0.0130. The fourth-order valence-corrected chi connectivity index (χ4v) is 3.26. The zero-order chi connectivity index (χ0) is 19.6. The molecule has 0 atom stereocenters. The van der Waals surface area contributed by atoms with Crippen molar-refractivity contribution in [1.82, 2.24) is 14.7 Å². The van der Waals surface area contributed by atoms with Crippen LogP contribution in [0.2, 0.25) is 0 Å². The number of hydrogen-bond donors (Lipinski definition) is 0. The number of carbonyl (C=O) groups excluding carboxylic acids is 1. The van der Waals surface area contributed by atoms with Crippen molar-refractivity contribution in [1.29, 1.82) is 0 Å². The third-order valence-electron chi connectivity index (χ3n) is 4.97. The van der Waals surface area contributed by atoms with Crippen LogP contribution >= 0.6 is 0 Å². The number of nitro groups is 1. The zero-order valence-electron chi connectivity index (χ0n) is 15.8. The number of non-ortho nitro benzene ring substituents is 1. The van der Waals surface area contributed by atoms with Gasteiger partial charge in [-0.1, -0.05) is 0 Å². The summed E-state index contributed by atoms with van der Waals surface area (Å²) in [4.78, 5) is 26.8. The van der Waals surface area contributed by atoms with Gasteiger partial charge in [0.2, 0.25) is 5.91 Å². The maximum atomic E-state index is 12.5. The second-order valence-electron chi connectivity index (χ2n) is 6.63. The summed E-state index contributed by atoms with van der Waals surface area (Å²) in [6.07, 6.45) is 3.45. The number of aryl methyl sites for hydroxylation is 2. The van der Waals surface area contributed by atoms with E-state index in [-0.39, 0.29) is 11.6 Å². The van der Waals surface area contributed by atoms with Gasteiger partial charge in [0.1, 0.15) is 0 Å². The van der Waals surface area contributed by atoms with Crippen LogP contribution in [0.3, 0.4) is 0 Å². The second-order valence-corrected chi connectivity index (χ2v) is 6.63. The van der Waals surface area contributed by atoms with E-state index in [0.717, 1.165) is 22.6 Å². The fourth-order valence-electron chi connectivity index (χ4n) is 3.26. The SMILES string of the molecule is Cc1nn(C)c(C)c1/C=C/C(=O)N1CCN(c2ccc([N+](=O)[O-])cc2)CC1. The van der Waals surface area contributed by atoms with Crippen molar-refractivity contribution < 1.29 is 9.72 Å².